The van der Waals surface area contributed by atoms with Crippen LogP contribution < -0.4 is 0 Å². The van der Waals surface area contributed by atoms with Gasteiger partial charge in [-0.05, 0) is 24.6 Å². The number of rotatable bonds is 6. The minimum absolute atomic E-state index is 0.0104. The summed E-state index contributed by atoms with van der Waals surface area (Å²) in [7, 11) is 1.78. The van der Waals surface area contributed by atoms with Crippen molar-refractivity contribution in [1.29, 1.82) is 0 Å². The van der Waals surface area contributed by atoms with E-state index in [1.807, 2.05) is 31.2 Å². The Hall–Kier alpha value is -2.95. The van der Waals surface area contributed by atoms with E-state index < -0.39 is 0 Å². The van der Waals surface area contributed by atoms with Crippen molar-refractivity contribution >= 4 is 5.91 Å². The van der Waals surface area contributed by atoms with Crippen LogP contribution >= 0.6 is 0 Å². The molecule has 1 aromatic heterocycles. The number of carbonyl (C=O) groups is 1. The molecule has 26 heavy (non-hydrogen) atoms. The van der Waals surface area contributed by atoms with Gasteiger partial charge in [-0.1, -0.05) is 42.0 Å². The molecule has 1 amide bonds. The molecular weight excluding hydrogens is 331 g/mol. The fourth-order valence-electron chi connectivity index (χ4n) is 2.67. The van der Waals surface area contributed by atoms with E-state index >= 15 is 0 Å². The Balaban J connectivity index is 1.56. The number of hydrogen-bond donors (Lipinski definition) is 0. The van der Waals surface area contributed by atoms with Gasteiger partial charge in [0.2, 0.25) is 5.91 Å². The zero-order chi connectivity index (χ0) is 18.5. The summed E-state index contributed by atoms with van der Waals surface area (Å²) >= 11 is 0. The van der Waals surface area contributed by atoms with Crippen LogP contribution in [0.25, 0.3) is 11.3 Å². The van der Waals surface area contributed by atoms with Crippen LogP contribution in [0, 0.1) is 12.7 Å². The number of aromatic nitrogens is 1. The highest BCUT2D eigenvalue weighted by molar-refractivity contribution is 5.76. The molecule has 0 aliphatic heterocycles. The second kappa shape index (κ2) is 7.95. The summed E-state index contributed by atoms with van der Waals surface area (Å²) in [6.07, 6.45) is 2.17. The molecule has 1 heterocycles. The smallest absolute Gasteiger partial charge is 0.223 e. The van der Waals surface area contributed by atoms with Crippen LogP contribution in [0.3, 0.4) is 0 Å². The molecule has 0 aliphatic rings. The number of nitrogens with zero attached hydrogens (tertiary/aromatic N) is 2. The summed E-state index contributed by atoms with van der Waals surface area (Å²) in [4.78, 5) is 18.2. The Kier molecular flexibility index (Phi) is 5.46. The van der Waals surface area contributed by atoms with Crippen LogP contribution in [0.5, 0.6) is 0 Å². The van der Waals surface area contributed by atoms with Crippen molar-refractivity contribution in [2.75, 3.05) is 7.05 Å². The summed E-state index contributed by atoms with van der Waals surface area (Å²) in [5.74, 6) is 0.458. The van der Waals surface area contributed by atoms with Crippen molar-refractivity contribution < 1.29 is 13.6 Å². The van der Waals surface area contributed by atoms with E-state index in [2.05, 4.69) is 4.98 Å². The van der Waals surface area contributed by atoms with E-state index in [1.54, 1.807) is 30.1 Å². The molecule has 4 nitrogen and oxygen atoms in total. The summed E-state index contributed by atoms with van der Waals surface area (Å²) in [6.45, 7) is 2.59. The lowest BCUT2D eigenvalue weighted by atomic mass is 10.1. The average molecular weight is 352 g/mol. The van der Waals surface area contributed by atoms with Gasteiger partial charge >= 0.3 is 0 Å². The Morgan fingerprint density at radius 1 is 1.15 bits per heavy atom. The van der Waals surface area contributed by atoms with E-state index in [0.29, 0.717) is 36.6 Å². The van der Waals surface area contributed by atoms with Gasteiger partial charge in [0.25, 0.3) is 0 Å². The van der Waals surface area contributed by atoms with Gasteiger partial charge in [-0.2, -0.15) is 0 Å². The molecule has 0 saturated heterocycles. The van der Waals surface area contributed by atoms with E-state index in [4.69, 9.17) is 4.42 Å². The van der Waals surface area contributed by atoms with Crippen LogP contribution in [0.4, 0.5) is 4.39 Å². The molecule has 3 rings (SSSR count). The SMILES string of the molecule is Cc1ccc(CN(C)C(=O)CCc2ncc(-c3ccccc3F)o2)cc1. The first-order valence-electron chi connectivity index (χ1n) is 8.52. The predicted octanol–water partition coefficient (Wildman–Crippen LogP) is 4.38. The number of halogens is 1. The van der Waals surface area contributed by atoms with Gasteiger partial charge in [0.1, 0.15) is 5.82 Å². The topological polar surface area (TPSA) is 46.3 Å². The number of aryl methyl sites for hydroxylation is 2. The number of oxazole rings is 1. The van der Waals surface area contributed by atoms with Crippen molar-refractivity contribution in [2.45, 2.75) is 26.3 Å². The highest BCUT2D eigenvalue weighted by Crippen LogP contribution is 2.23. The van der Waals surface area contributed by atoms with Crippen LogP contribution in [0.15, 0.2) is 59.1 Å². The van der Waals surface area contributed by atoms with Crippen LogP contribution in [0.1, 0.15) is 23.4 Å². The molecule has 5 heteroatoms. The van der Waals surface area contributed by atoms with Gasteiger partial charge in [-0.3, -0.25) is 4.79 Å². The highest BCUT2D eigenvalue weighted by atomic mass is 19.1. The number of amides is 1. The normalized spacial score (nSPS) is 10.7. The van der Waals surface area contributed by atoms with Gasteiger partial charge < -0.3 is 9.32 Å². The second-order valence-electron chi connectivity index (χ2n) is 6.33. The standard InChI is InChI=1S/C21H21FN2O2/c1-15-7-9-16(10-8-15)14-24(2)21(25)12-11-20-23-13-19(26-20)17-5-3-4-6-18(17)22/h3-10,13H,11-12,14H2,1-2H3. The van der Waals surface area contributed by atoms with Crippen LogP contribution in [-0.2, 0) is 17.8 Å². The lowest BCUT2D eigenvalue weighted by Crippen LogP contribution is -2.26. The summed E-state index contributed by atoms with van der Waals surface area (Å²) in [5.41, 5.74) is 2.65. The largest absolute Gasteiger partial charge is 0.441 e. The van der Waals surface area contributed by atoms with Gasteiger partial charge in [-0.25, -0.2) is 9.37 Å². The third kappa shape index (κ3) is 4.36. The van der Waals surface area contributed by atoms with Crippen LogP contribution in [0.2, 0.25) is 0 Å². The summed E-state index contributed by atoms with van der Waals surface area (Å²) in [5, 5.41) is 0. The van der Waals surface area contributed by atoms with E-state index in [9.17, 15) is 9.18 Å². The Bertz CT molecular complexity index is 887. The quantitative estimate of drug-likeness (QED) is 0.661. The Morgan fingerprint density at radius 3 is 2.62 bits per heavy atom. The van der Waals surface area contributed by atoms with E-state index in [-0.39, 0.29) is 11.7 Å². The fraction of sp³-hybridized carbons (Fsp3) is 0.238. The maximum Gasteiger partial charge on any atom is 0.223 e. The third-order valence-corrected chi connectivity index (χ3v) is 4.21. The molecule has 0 aliphatic carbocycles. The summed E-state index contributed by atoms with van der Waals surface area (Å²) < 4.78 is 19.4. The Labute approximate surface area is 152 Å². The lowest BCUT2D eigenvalue weighted by molar-refractivity contribution is -0.130. The van der Waals surface area contributed by atoms with Gasteiger partial charge in [-0.15, -0.1) is 0 Å². The van der Waals surface area contributed by atoms with Gasteiger partial charge in [0.15, 0.2) is 11.7 Å². The first-order chi connectivity index (χ1) is 12.5. The highest BCUT2D eigenvalue weighted by Gasteiger charge is 2.14. The molecule has 0 fully saturated rings. The number of carbonyl (C=O) groups excluding carboxylic acids is 1. The monoisotopic (exact) mass is 352 g/mol. The van der Waals surface area contributed by atoms with Gasteiger partial charge in [0.05, 0.1) is 11.8 Å². The van der Waals surface area contributed by atoms with Crippen molar-refractivity contribution in [2.24, 2.45) is 0 Å². The molecule has 3 aromatic rings. The molecule has 2 aromatic carbocycles. The molecular formula is C21H21FN2O2. The molecule has 0 unspecified atom stereocenters. The lowest BCUT2D eigenvalue weighted by Gasteiger charge is -2.17. The van der Waals surface area contributed by atoms with Crippen molar-refractivity contribution in [1.82, 2.24) is 9.88 Å². The number of hydrogen-bond acceptors (Lipinski definition) is 3. The predicted molar refractivity (Wildman–Crippen MR) is 97.9 cm³/mol. The second-order valence-corrected chi connectivity index (χ2v) is 6.33. The molecule has 0 spiro atoms. The van der Waals surface area contributed by atoms with Crippen LogP contribution in [-0.4, -0.2) is 22.8 Å². The molecule has 0 radical (unpaired) electrons. The molecule has 0 atom stereocenters. The summed E-state index contributed by atoms with van der Waals surface area (Å²) in [6, 6.07) is 14.5. The Morgan fingerprint density at radius 2 is 1.88 bits per heavy atom. The zero-order valence-corrected chi connectivity index (χ0v) is 14.9. The molecule has 134 valence electrons. The third-order valence-electron chi connectivity index (χ3n) is 4.21. The van der Waals surface area contributed by atoms with E-state index in [0.717, 1.165) is 5.56 Å². The fourth-order valence-corrected chi connectivity index (χ4v) is 2.67. The maximum atomic E-state index is 13.8. The van der Waals surface area contributed by atoms with Crippen molar-refractivity contribution in [3.05, 3.63) is 77.6 Å². The average Bonchev–Trinajstić information content (AvgIpc) is 3.10. The minimum atomic E-state index is -0.357. The first-order valence-corrected chi connectivity index (χ1v) is 8.52. The molecule has 0 N–H and O–H groups in total. The molecule has 0 bridgehead atoms. The van der Waals surface area contributed by atoms with Gasteiger partial charge in [0, 0.05) is 26.4 Å². The van der Waals surface area contributed by atoms with Crippen molar-refractivity contribution in [3.8, 4) is 11.3 Å². The number of benzene rings is 2. The van der Waals surface area contributed by atoms with E-state index in [1.165, 1.54) is 17.8 Å². The van der Waals surface area contributed by atoms with Crippen molar-refractivity contribution in [3.63, 3.8) is 0 Å². The zero-order valence-electron chi connectivity index (χ0n) is 14.9. The molecule has 0 saturated carbocycles. The first kappa shape index (κ1) is 17.9. The minimum Gasteiger partial charge on any atom is -0.441 e. The maximum absolute atomic E-state index is 13.8.